The van der Waals surface area contributed by atoms with E-state index in [-0.39, 0.29) is 23.9 Å². The molecule has 0 aliphatic carbocycles. The van der Waals surface area contributed by atoms with Gasteiger partial charge in [-0.25, -0.2) is 0 Å². The summed E-state index contributed by atoms with van der Waals surface area (Å²) in [6, 6.07) is 0.225. The van der Waals surface area contributed by atoms with Gasteiger partial charge in [0.2, 0.25) is 11.8 Å². The summed E-state index contributed by atoms with van der Waals surface area (Å²) in [5.41, 5.74) is 0. The van der Waals surface area contributed by atoms with Crippen molar-refractivity contribution in [3.8, 4) is 0 Å². The molecule has 0 saturated carbocycles. The highest BCUT2D eigenvalue weighted by molar-refractivity contribution is 7.99. The van der Waals surface area contributed by atoms with E-state index in [2.05, 4.69) is 10.6 Å². The first-order valence-corrected chi connectivity index (χ1v) is 8.61. The van der Waals surface area contributed by atoms with Crippen molar-refractivity contribution < 1.29 is 9.59 Å². The molecule has 2 aliphatic rings. The minimum absolute atomic E-state index is 0.00733. The summed E-state index contributed by atoms with van der Waals surface area (Å²) in [6.45, 7) is 5.61. The molecule has 2 aliphatic heterocycles. The number of carbonyl (C=O) groups is 2. The summed E-state index contributed by atoms with van der Waals surface area (Å²) in [7, 11) is 0. The summed E-state index contributed by atoms with van der Waals surface area (Å²) in [5.74, 6) is 2.50. The molecule has 2 amide bonds. The number of thioether (sulfide) groups is 1. The molecule has 20 heavy (non-hydrogen) atoms. The maximum Gasteiger partial charge on any atom is 0.240 e. The van der Waals surface area contributed by atoms with E-state index >= 15 is 0 Å². The number of likely N-dealkylation sites (tertiary alicyclic amines) is 1. The molecule has 2 N–H and O–H groups in total. The van der Waals surface area contributed by atoms with Gasteiger partial charge in [-0.1, -0.05) is 13.8 Å². The van der Waals surface area contributed by atoms with Crippen LogP contribution in [0.1, 0.15) is 33.1 Å². The Balaban J connectivity index is 1.72. The summed E-state index contributed by atoms with van der Waals surface area (Å²) < 4.78 is 0. The Morgan fingerprint density at radius 2 is 2.05 bits per heavy atom. The minimum atomic E-state index is -0.00733. The monoisotopic (exact) mass is 299 g/mol. The predicted molar refractivity (Wildman–Crippen MR) is 81.4 cm³/mol. The normalized spacial score (nSPS) is 24.1. The Morgan fingerprint density at radius 3 is 2.60 bits per heavy atom. The van der Waals surface area contributed by atoms with Gasteiger partial charge in [0.25, 0.3) is 0 Å². The van der Waals surface area contributed by atoms with Gasteiger partial charge in [-0.3, -0.25) is 14.9 Å². The average molecular weight is 299 g/mol. The largest absolute Gasteiger partial charge is 0.353 e. The van der Waals surface area contributed by atoms with Crippen LogP contribution in [0.4, 0.5) is 0 Å². The SMILES string of the molecule is CC(C)CC(=O)NC1CCN(C(=O)C2CSCN2)CC1. The number of carbonyl (C=O) groups excluding carboxylic acids is 2. The molecule has 2 heterocycles. The molecular weight excluding hydrogens is 274 g/mol. The standard InChI is InChI=1S/C14H25N3O2S/c1-10(2)7-13(18)16-11-3-5-17(6-4-11)14(19)12-8-20-9-15-12/h10-12,15H,3-9H2,1-2H3,(H,16,18). The van der Waals surface area contributed by atoms with Crippen LogP contribution in [0.2, 0.25) is 0 Å². The van der Waals surface area contributed by atoms with E-state index in [1.54, 1.807) is 11.8 Å². The number of nitrogens with zero attached hydrogens (tertiary/aromatic N) is 1. The van der Waals surface area contributed by atoms with Gasteiger partial charge in [-0.2, -0.15) is 0 Å². The van der Waals surface area contributed by atoms with E-state index in [1.165, 1.54) is 0 Å². The van der Waals surface area contributed by atoms with Gasteiger partial charge < -0.3 is 10.2 Å². The van der Waals surface area contributed by atoms with Gasteiger partial charge in [-0.05, 0) is 18.8 Å². The fourth-order valence-corrected chi connectivity index (χ4v) is 3.61. The van der Waals surface area contributed by atoms with Crippen LogP contribution in [0.25, 0.3) is 0 Å². The first-order valence-electron chi connectivity index (χ1n) is 7.45. The van der Waals surface area contributed by atoms with Crippen molar-refractivity contribution in [3.05, 3.63) is 0 Å². The fraction of sp³-hybridized carbons (Fsp3) is 0.857. The molecule has 2 saturated heterocycles. The molecule has 1 unspecified atom stereocenters. The van der Waals surface area contributed by atoms with Crippen molar-refractivity contribution in [1.29, 1.82) is 0 Å². The van der Waals surface area contributed by atoms with Crippen LogP contribution in [0.5, 0.6) is 0 Å². The number of amides is 2. The zero-order chi connectivity index (χ0) is 14.5. The summed E-state index contributed by atoms with van der Waals surface area (Å²) in [5, 5.41) is 6.30. The molecule has 0 spiro atoms. The molecule has 114 valence electrons. The van der Waals surface area contributed by atoms with E-state index in [0.29, 0.717) is 12.3 Å². The number of rotatable bonds is 4. The first-order chi connectivity index (χ1) is 9.56. The lowest BCUT2D eigenvalue weighted by Gasteiger charge is -2.33. The number of nitrogens with one attached hydrogen (secondary N) is 2. The second-order valence-corrected chi connectivity index (χ2v) is 7.07. The maximum atomic E-state index is 12.2. The third kappa shape index (κ3) is 4.38. The topological polar surface area (TPSA) is 61.4 Å². The number of hydrogen-bond donors (Lipinski definition) is 2. The molecule has 0 aromatic heterocycles. The van der Waals surface area contributed by atoms with E-state index in [0.717, 1.165) is 37.6 Å². The highest BCUT2D eigenvalue weighted by Crippen LogP contribution is 2.16. The minimum Gasteiger partial charge on any atom is -0.353 e. The van der Waals surface area contributed by atoms with Gasteiger partial charge >= 0.3 is 0 Å². The summed E-state index contributed by atoms with van der Waals surface area (Å²) in [6.07, 6.45) is 2.33. The molecule has 0 radical (unpaired) electrons. The second-order valence-electron chi connectivity index (χ2n) is 6.04. The zero-order valence-electron chi connectivity index (χ0n) is 12.4. The van der Waals surface area contributed by atoms with Gasteiger partial charge in [0.1, 0.15) is 0 Å². The molecule has 0 aromatic carbocycles. The Morgan fingerprint density at radius 1 is 1.35 bits per heavy atom. The average Bonchev–Trinajstić information content (AvgIpc) is 2.91. The van der Waals surface area contributed by atoms with Crippen LogP contribution in [0.3, 0.4) is 0 Å². The Kier molecular flexibility index (Phi) is 5.72. The maximum absolute atomic E-state index is 12.2. The number of piperidine rings is 1. The van der Waals surface area contributed by atoms with Gasteiger partial charge in [-0.15, -0.1) is 11.8 Å². The zero-order valence-corrected chi connectivity index (χ0v) is 13.2. The molecule has 2 fully saturated rings. The van der Waals surface area contributed by atoms with Crippen LogP contribution in [-0.4, -0.2) is 53.5 Å². The lowest BCUT2D eigenvalue weighted by atomic mass is 10.0. The molecule has 6 heteroatoms. The van der Waals surface area contributed by atoms with Crippen LogP contribution in [0.15, 0.2) is 0 Å². The van der Waals surface area contributed by atoms with Crippen molar-refractivity contribution >= 4 is 23.6 Å². The third-order valence-corrected chi connectivity index (χ3v) is 4.72. The molecule has 2 rings (SSSR count). The van der Waals surface area contributed by atoms with Crippen LogP contribution < -0.4 is 10.6 Å². The number of hydrogen-bond acceptors (Lipinski definition) is 4. The quantitative estimate of drug-likeness (QED) is 0.806. The Bertz CT molecular complexity index is 348. The van der Waals surface area contributed by atoms with Crippen LogP contribution >= 0.6 is 11.8 Å². The van der Waals surface area contributed by atoms with E-state index in [1.807, 2.05) is 18.7 Å². The molecule has 5 nitrogen and oxygen atoms in total. The second kappa shape index (κ2) is 7.31. The predicted octanol–water partition coefficient (Wildman–Crippen LogP) is 0.802. The Hall–Kier alpha value is -0.750. The summed E-state index contributed by atoms with van der Waals surface area (Å²) in [4.78, 5) is 25.9. The lowest BCUT2D eigenvalue weighted by Crippen LogP contribution is -2.51. The summed E-state index contributed by atoms with van der Waals surface area (Å²) >= 11 is 1.77. The van der Waals surface area contributed by atoms with Crippen molar-refractivity contribution in [2.24, 2.45) is 5.92 Å². The van der Waals surface area contributed by atoms with Crippen LogP contribution in [-0.2, 0) is 9.59 Å². The molecule has 0 aromatic rings. The highest BCUT2D eigenvalue weighted by Gasteiger charge is 2.30. The van der Waals surface area contributed by atoms with Gasteiger partial charge in [0, 0.05) is 37.2 Å². The van der Waals surface area contributed by atoms with Crippen molar-refractivity contribution in [1.82, 2.24) is 15.5 Å². The van der Waals surface area contributed by atoms with E-state index in [4.69, 9.17) is 0 Å². The van der Waals surface area contributed by atoms with Gasteiger partial charge in [0.05, 0.1) is 6.04 Å². The van der Waals surface area contributed by atoms with E-state index in [9.17, 15) is 9.59 Å². The van der Waals surface area contributed by atoms with Crippen LogP contribution in [0, 0.1) is 5.92 Å². The molecular formula is C14H25N3O2S. The van der Waals surface area contributed by atoms with E-state index < -0.39 is 0 Å². The molecule has 1 atom stereocenters. The fourth-order valence-electron chi connectivity index (χ4n) is 2.68. The smallest absolute Gasteiger partial charge is 0.240 e. The third-order valence-electron chi connectivity index (χ3n) is 3.78. The van der Waals surface area contributed by atoms with Crippen molar-refractivity contribution in [3.63, 3.8) is 0 Å². The van der Waals surface area contributed by atoms with Gasteiger partial charge in [0.15, 0.2) is 0 Å². The van der Waals surface area contributed by atoms with Crippen molar-refractivity contribution in [2.75, 3.05) is 24.7 Å². The van der Waals surface area contributed by atoms with Crippen molar-refractivity contribution in [2.45, 2.75) is 45.2 Å². The first kappa shape index (κ1) is 15.6. The lowest BCUT2D eigenvalue weighted by molar-refractivity contribution is -0.133. The highest BCUT2D eigenvalue weighted by atomic mass is 32.2. The Labute approximate surface area is 125 Å². The molecule has 0 bridgehead atoms.